The van der Waals surface area contributed by atoms with E-state index >= 15 is 0 Å². The highest BCUT2D eigenvalue weighted by molar-refractivity contribution is 5.96. The standard InChI is InChI=1S/C17H17N5O2/c1-11(2)20-16-15(22(23)24)17(19-10-18-16)21-14-9-5-7-12-6-3-4-8-13(12)14/h3-11H,1-2H3,(H2,18,19,20,21). The molecule has 7 nitrogen and oxygen atoms in total. The molecule has 0 unspecified atom stereocenters. The zero-order valence-electron chi connectivity index (χ0n) is 13.4. The van der Waals surface area contributed by atoms with Gasteiger partial charge in [0.15, 0.2) is 0 Å². The van der Waals surface area contributed by atoms with E-state index in [0.29, 0.717) is 0 Å². The van der Waals surface area contributed by atoms with Gasteiger partial charge in [0.25, 0.3) is 0 Å². The second kappa shape index (κ2) is 6.49. The Kier molecular flexibility index (Phi) is 4.24. The van der Waals surface area contributed by atoms with Gasteiger partial charge >= 0.3 is 5.69 Å². The van der Waals surface area contributed by atoms with Crippen LogP contribution in [-0.2, 0) is 0 Å². The van der Waals surface area contributed by atoms with Gasteiger partial charge in [-0.05, 0) is 25.3 Å². The molecule has 0 saturated carbocycles. The maximum Gasteiger partial charge on any atom is 0.353 e. The number of nitrogens with one attached hydrogen (secondary N) is 2. The van der Waals surface area contributed by atoms with Crippen LogP contribution in [0.3, 0.4) is 0 Å². The van der Waals surface area contributed by atoms with E-state index < -0.39 is 4.92 Å². The van der Waals surface area contributed by atoms with Crippen molar-refractivity contribution in [3.8, 4) is 0 Å². The zero-order chi connectivity index (χ0) is 17.1. The lowest BCUT2D eigenvalue weighted by atomic mass is 10.1. The van der Waals surface area contributed by atoms with E-state index in [1.54, 1.807) is 0 Å². The van der Waals surface area contributed by atoms with E-state index in [0.717, 1.165) is 16.5 Å². The van der Waals surface area contributed by atoms with Gasteiger partial charge in [-0.2, -0.15) is 0 Å². The molecule has 0 atom stereocenters. The van der Waals surface area contributed by atoms with Crippen molar-refractivity contribution in [3.63, 3.8) is 0 Å². The summed E-state index contributed by atoms with van der Waals surface area (Å²) in [7, 11) is 0. The number of fused-ring (bicyclic) bond motifs is 1. The lowest BCUT2D eigenvalue weighted by Gasteiger charge is -2.13. The maximum absolute atomic E-state index is 11.5. The number of anilines is 3. The van der Waals surface area contributed by atoms with Crippen molar-refractivity contribution in [2.75, 3.05) is 10.6 Å². The van der Waals surface area contributed by atoms with Gasteiger partial charge in [-0.3, -0.25) is 10.1 Å². The van der Waals surface area contributed by atoms with Crippen molar-refractivity contribution < 1.29 is 4.92 Å². The van der Waals surface area contributed by atoms with Crippen molar-refractivity contribution in [3.05, 3.63) is 58.9 Å². The van der Waals surface area contributed by atoms with Crippen LogP contribution in [0, 0.1) is 10.1 Å². The van der Waals surface area contributed by atoms with Gasteiger partial charge < -0.3 is 10.6 Å². The van der Waals surface area contributed by atoms with Crippen molar-refractivity contribution in [1.29, 1.82) is 0 Å². The molecule has 122 valence electrons. The molecule has 7 heteroatoms. The molecule has 0 bridgehead atoms. The Morgan fingerprint density at radius 2 is 1.75 bits per heavy atom. The second-order valence-electron chi connectivity index (χ2n) is 5.63. The Bertz CT molecular complexity index is 890. The largest absolute Gasteiger partial charge is 0.362 e. The van der Waals surface area contributed by atoms with Gasteiger partial charge in [-0.15, -0.1) is 0 Å². The minimum Gasteiger partial charge on any atom is -0.362 e. The molecule has 0 aliphatic carbocycles. The number of benzene rings is 2. The third kappa shape index (κ3) is 3.10. The van der Waals surface area contributed by atoms with Crippen LogP contribution in [0.1, 0.15) is 13.8 Å². The Morgan fingerprint density at radius 1 is 1.04 bits per heavy atom. The quantitative estimate of drug-likeness (QED) is 0.542. The van der Waals surface area contributed by atoms with Crippen LogP contribution in [0.15, 0.2) is 48.8 Å². The maximum atomic E-state index is 11.5. The molecule has 2 N–H and O–H groups in total. The summed E-state index contributed by atoms with van der Waals surface area (Å²) in [5, 5.41) is 19.6. The predicted molar refractivity (Wildman–Crippen MR) is 94.7 cm³/mol. The SMILES string of the molecule is CC(C)Nc1ncnc(Nc2cccc3ccccc23)c1[N+](=O)[O-]. The van der Waals surface area contributed by atoms with Gasteiger partial charge in [0.1, 0.15) is 6.33 Å². The van der Waals surface area contributed by atoms with Crippen LogP contribution in [0.25, 0.3) is 10.8 Å². The number of nitrogens with zero attached hydrogens (tertiary/aromatic N) is 3. The number of hydrogen-bond donors (Lipinski definition) is 2. The Balaban J connectivity index is 2.07. The van der Waals surface area contributed by atoms with Crippen LogP contribution in [-0.4, -0.2) is 20.9 Å². The van der Waals surface area contributed by atoms with Gasteiger partial charge in [0.05, 0.1) is 4.92 Å². The van der Waals surface area contributed by atoms with Crippen molar-refractivity contribution in [1.82, 2.24) is 9.97 Å². The van der Waals surface area contributed by atoms with Crippen LogP contribution in [0.4, 0.5) is 23.0 Å². The lowest BCUT2D eigenvalue weighted by Crippen LogP contribution is -2.14. The van der Waals surface area contributed by atoms with Crippen LogP contribution < -0.4 is 10.6 Å². The molecule has 0 fully saturated rings. The molecule has 0 amide bonds. The van der Waals surface area contributed by atoms with E-state index in [2.05, 4.69) is 20.6 Å². The van der Waals surface area contributed by atoms with Crippen LogP contribution in [0.5, 0.6) is 0 Å². The highest BCUT2D eigenvalue weighted by Gasteiger charge is 2.23. The molecule has 24 heavy (non-hydrogen) atoms. The summed E-state index contributed by atoms with van der Waals surface area (Å²) in [5.74, 6) is 0.363. The monoisotopic (exact) mass is 323 g/mol. The first-order valence-corrected chi connectivity index (χ1v) is 7.57. The van der Waals surface area contributed by atoms with E-state index in [1.165, 1.54) is 6.33 Å². The summed E-state index contributed by atoms with van der Waals surface area (Å²) in [6.07, 6.45) is 1.31. The number of hydrogen-bond acceptors (Lipinski definition) is 6. The zero-order valence-corrected chi connectivity index (χ0v) is 13.4. The normalized spacial score (nSPS) is 10.8. The summed E-state index contributed by atoms with van der Waals surface area (Å²) in [4.78, 5) is 19.1. The predicted octanol–water partition coefficient (Wildman–Crippen LogP) is 4.10. The Hall–Kier alpha value is -3.22. The number of rotatable bonds is 5. The molecule has 3 rings (SSSR count). The molecule has 3 aromatic rings. The summed E-state index contributed by atoms with van der Waals surface area (Å²) in [6, 6.07) is 13.6. The summed E-state index contributed by atoms with van der Waals surface area (Å²) < 4.78 is 0. The molecule has 1 heterocycles. The molecule has 0 spiro atoms. The Labute approximate surface area is 138 Å². The molecular weight excluding hydrogens is 306 g/mol. The van der Waals surface area contributed by atoms with E-state index in [9.17, 15) is 10.1 Å². The minimum atomic E-state index is -0.474. The first-order valence-electron chi connectivity index (χ1n) is 7.57. The van der Waals surface area contributed by atoms with E-state index in [-0.39, 0.29) is 23.4 Å². The van der Waals surface area contributed by atoms with Gasteiger partial charge in [0, 0.05) is 17.1 Å². The first kappa shape index (κ1) is 15.7. The second-order valence-corrected chi connectivity index (χ2v) is 5.63. The highest BCUT2D eigenvalue weighted by Crippen LogP contribution is 2.33. The minimum absolute atomic E-state index is 0.0176. The third-order valence-corrected chi connectivity index (χ3v) is 3.47. The van der Waals surface area contributed by atoms with Gasteiger partial charge in [-0.25, -0.2) is 9.97 Å². The highest BCUT2D eigenvalue weighted by atomic mass is 16.6. The molecule has 0 aliphatic rings. The summed E-state index contributed by atoms with van der Waals surface area (Å²) >= 11 is 0. The fraction of sp³-hybridized carbons (Fsp3) is 0.176. The van der Waals surface area contributed by atoms with E-state index in [4.69, 9.17) is 0 Å². The first-order chi connectivity index (χ1) is 11.6. The average molecular weight is 323 g/mol. The summed E-state index contributed by atoms with van der Waals surface area (Å²) in [6.45, 7) is 3.79. The molecular formula is C17H17N5O2. The van der Waals surface area contributed by atoms with Crippen LogP contribution in [0.2, 0.25) is 0 Å². The smallest absolute Gasteiger partial charge is 0.353 e. The molecule has 2 aromatic carbocycles. The molecule has 0 aliphatic heterocycles. The number of aromatic nitrogens is 2. The van der Waals surface area contributed by atoms with E-state index in [1.807, 2.05) is 56.3 Å². The van der Waals surface area contributed by atoms with Gasteiger partial charge in [-0.1, -0.05) is 36.4 Å². The lowest BCUT2D eigenvalue weighted by molar-refractivity contribution is -0.383. The van der Waals surface area contributed by atoms with Crippen molar-refractivity contribution in [2.45, 2.75) is 19.9 Å². The topological polar surface area (TPSA) is 93.0 Å². The Morgan fingerprint density at radius 3 is 2.50 bits per heavy atom. The van der Waals surface area contributed by atoms with Crippen molar-refractivity contribution in [2.24, 2.45) is 0 Å². The molecule has 1 aromatic heterocycles. The van der Waals surface area contributed by atoms with Gasteiger partial charge in [0.2, 0.25) is 11.6 Å². The third-order valence-electron chi connectivity index (χ3n) is 3.47. The van der Waals surface area contributed by atoms with Crippen molar-refractivity contribution >= 4 is 33.8 Å². The molecule has 0 saturated heterocycles. The summed E-state index contributed by atoms with van der Waals surface area (Å²) in [5.41, 5.74) is 0.588. The average Bonchev–Trinajstić information content (AvgIpc) is 2.54. The number of nitro groups is 1. The molecule has 0 radical (unpaired) electrons. The van der Waals surface area contributed by atoms with Crippen LogP contribution >= 0.6 is 0 Å². The fourth-order valence-electron chi connectivity index (χ4n) is 2.48. The fourth-order valence-corrected chi connectivity index (χ4v) is 2.48.